The third-order valence-corrected chi connectivity index (χ3v) is 4.20. The highest BCUT2D eigenvalue weighted by Crippen LogP contribution is 2.13. The predicted molar refractivity (Wildman–Crippen MR) is 82.0 cm³/mol. The van der Waals surface area contributed by atoms with Gasteiger partial charge in [-0.3, -0.25) is 0 Å². The summed E-state index contributed by atoms with van der Waals surface area (Å²) in [4.78, 5) is 0. The molecule has 2 N–H and O–H groups in total. The van der Waals surface area contributed by atoms with Gasteiger partial charge in [-0.1, -0.05) is 33.1 Å². The van der Waals surface area contributed by atoms with E-state index in [4.69, 9.17) is 9.47 Å². The van der Waals surface area contributed by atoms with Crippen molar-refractivity contribution in [1.82, 2.24) is 5.32 Å². The van der Waals surface area contributed by atoms with Crippen molar-refractivity contribution in [3.8, 4) is 0 Å². The zero-order valence-electron chi connectivity index (χ0n) is 13.4. The molecule has 0 radical (unpaired) electrons. The van der Waals surface area contributed by atoms with E-state index in [0.29, 0.717) is 25.1 Å². The first-order valence-corrected chi connectivity index (χ1v) is 8.28. The van der Waals surface area contributed by atoms with Gasteiger partial charge < -0.3 is 19.9 Å². The van der Waals surface area contributed by atoms with Crippen LogP contribution in [0.15, 0.2) is 0 Å². The zero-order chi connectivity index (χ0) is 14.8. The molecular formula is C16H33NO3. The summed E-state index contributed by atoms with van der Waals surface area (Å²) in [5.41, 5.74) is 0. The average Bonchev–Trinajstić information content (AvgIpc) is 2.85. The van der Waals surface area contributed by atoms with Gasteiger partial charge >= 0.3 is 0 Å². The summed E-state index contributed by atoms with van der Waals surface area (Å²) in [6.07, 6.45) is 5.76. The van der Waals surface area contributed by atoms with Gasteiger partial charge in [0.15, 0.2) is 0 Å². The minimum Gasteiger partial charge on any atom is -0.389 e. The second-order valence-corrected chi connectivity index (χ2v) is 5.99. The molecule has 0 aliphatic carbocycles. The molecule has 1 rings (SSSR count). The van der Waals surface area contributed by atoms with Crippen LogP contribution in [0.3, 0.4) is 0 Å². The van der Waals surface area contributed by atoms with E-state index in [-0.39, 0.29) is 6.10 Å². The molecule has 4 heteroatoms. The third-order valence-electron chi connectivity index (χ3n) is 4.20. The summed E-state index contributed by atoms with van der Waals surface area (Å²) in [6, 6.07) is 0.373. The molecule has 0 aromatic rings. The molecule has 0 aromatic heterocycles. The van der Waals surface area contributed by atoms with Gasteiger partial charge in [0.1, 0.15) is 0 Å². The van der Waals surface area contributed by atoms with Gasteiger partial charge in [-0.25, -0.2) is 0 Å². The first kappa shape index (κ1) is 17.9. The SMILES string of the molecule is CCCCC(CC)COCC(O)CNC1CCOC1C. The van der Waals surface area contributed by atoms with Gasteiger partial charge in [-0.2, -0.15) is 0 Å². The van der Waals surface area contributed by atoms with Crippen LogP contribution >= 0.6 is 0 Å². The van der Waals surface area contributed by atoms with Crippen molar-refractivity contribution in [2.75, 3.05) is 26.4 Å². The van der Waals surface area contributed by atoms with Crippen molar-refractivity contribution in [3.63, 3.8) is 0 Å². The number of aliphatic hydroxyl groups is 1. The van der Waals surface area contributed by atoms with Gasteiger partial charge in [0.2, 0.25) is 0 Å². The van der Waals surface area contributed by atoms with E-state index in [1.807, 2.05) is 0 Å². The zero-order valence-corrected chi connectivity index (χ0v) is 13.4. The molecule has 1 fully saturated rings. The summed E-state index contributed by atoms with van der Waals surface area (Å²) >= 11 is 0. The molecule has 1 aliphatic heterocycles. The van der Waals surface area contributed by atoms with Crippen LogP contribution in [0, 0.1) is 5.92 Å². The highest BCUT2D eigenvalue weighted by Gasteiger charge is 2.24. The smallest absolute Gasteiger partial charge is 0.0897 e. The Labute approximate surface area is 124 Å². The van der Waals surface area contributed by atoms with Gasteiger partial charge in [0, 0.05) is 25.8 Å². The highest BCUT2D eigenvalue weighted by atomic mass is 16.5. The van der Waals surface area contributed by atoms with E-state index in [1.165, 1.54) is 19.3 Å². The fraction of sp³-hybridized carbons (Fsp3) is 1.00. The fourth-order valence-electron chi connectivity index (χ4n) is 2.61. The van der Waals surface area contributed by atoms with Crippen LogP contribution in [0.5, 0.6) is 0 Å². The molecule has 20 heavy (non-hydrogen) atoms. The first-order valence-electron chi connectivity index (χ1n) is 8.28. The lowest BCUT2D eigenvalue weighted by atomic mass is 10.0. The van der Waals surface area contributed by atoms with Crippen LogP contribution in [-0.2, 0) is 9.47 Å². The van der Waals surface area contributed by atoms with Gasteiger partial charge in [-0.05, 0) is 25.7 Å². The number of rotatable bonds is 11. The lowest BCUT2D eigenvalue weighted by Gasteiger charge is -2.20. The summed E-state index contributed by atoms with van der Waals surface area (Å²) in [7, 11) is 0. The third kappa shape index (κ3) is 7.02. The molecule has 0 spiro atoms. The van der Waals surface area contributed by atoms with Gasteiger partial charge in [0.05, 0.1) is 18.8 Å². The van der Waals surface area contributed by atoms with E-state index in [0.717, 1.165) is 26.1 Å². The standard InChI is InChI=1S/C16H33NO3/c1-4-6-7-14(5-2)11-19-12-15(18)10-17-16-8-9-20-13(16)3/h13-18H,4-12H2,1-3H3. The van der Waals surface area contributed by atoms with Crippen LogP contribution in [0.25, 0.3) is 0 Å². The Balaban J connectivity index is 2.05. The maximum atomic E-state index is 9.93. The van der Waals surface area contributed by atoms with Crippen LogP contribution in [0.1, 0.15) is 52.9 Å². The second-order valence-electron chi connectivity index (χ2n) is 5.99. The summed E-state index contributed by atoms with van der Waals surface area (Å²) in [6.45, 7) is 9.12. The number of unbranched alkanes of at least 4 members (excludes halogenated alkanes) is 1. The quantitative estimate of drug-likeness (QED) is 0.612. The van der Waals surface area contributed by atoms with Crippen molar-refractivity contribution in [3.05, 3.63) is 0 Å². The van der Waals surface area contributed by atoms with E-state index in [2.05, 4.69) is 26.1 Å². The first-order chi connectivity index (χ1) is 9.67. The molecule has 1 aliphatic rings. The lowest BCUT2D eigenvalue weighted by molar-refractivity contribution is 0.0170. The second kappa shape index (κ2) is 10.6. The Morgan fingerprint density at radius 2 is 2.15 bits per heavy atom. The largest absolute Gasteiger partial charge is 0.389 e. The highest BCUT2D eigenvalue weighted by molar-refractivity contribution is 4.79. The summed E-state index contributed by atoms with van der Waals surface area (Å²) in [5, 5.41) is 13.3. The molecule has 4 nitrogen and oxygen atoms in total. The molecule has 0 aromatic carbocycles. The number of nitrogens with one attached hydrogen (secondary N) is 1. The maximum Gasteiger partial charge on any atom is 0.0897 e. The summed E-state index contributed by atoms with van der Waals surface area (Å²) in [5.74, 6) is 0.637. The molecule has 0 saturated carbocycles. The fourth-order valence-corrected chi connectivity index (χ4v) is 2.61. The van der Waals surface area contributed by atoms with Gasteiger partial charge in [0.25, 0.3) is 0 Å². The molecule has 1 heterocycles. The normalized spacial score (nSPS) is 25.8. The number of aliphatic hydroxyl groups excluding tert-OH is 1. The minimum atomic E-state index is -0.425. The maximum absolute atomic E-state index is 9.93. The summed E-state index contributed by atoms with van der Waals surface area (Å²) < 4.78 is 11.2. The molecule has 4 atom stereocenters. The van der Waals surface area contributed by atoms with Crippen molar-refractivity contribution < 1.29 is 14.6 Å². The van der Waals surface area contributed by atoms with E-state index < -0.39 is 6.10 Å². The predicted octanol–water partition coefficient (Wildman–Crippen LogP) is 2.35. The lowest BCUT2D eigenvalue weighted by Crippen LogP contribution is -2.40. The molecule has 4 unspecified atom stereocenters. The van der Waals surface area contributed by atoms with E-state index in [9.17, 15) is 5.11 Å². The van der Waals surface area contributed by atoms with Crippen molar-refractivity contribution >= 4 is 0 Å². The van der Waals surface area contributed by atoms with Crippen molar-refractivity contribution in [2.24, 2.45) is 5.92 Å². The van der Waals surface area contributed by atoms with Crippen molar-refractivity contribution in [2.45, 2.75) is 71.1 Å². The Bertz CT molecular complexity index is 238. The number of ether oxygens (including phenoxy) is 2. The average molecular weight is 287 g/mol. The topological polar surface area (TPSA) is 50.7 Å². The monoisotopic (exact) mass is 287 g/mol. The molecule has 0 bridgehead atoms. The van der Waals surface area contributed by atoms with E-state index >= 15 is 0 Å². The minimum absolute atomic E-state index is 0.252. The molecule has 1 saturated heterocycles. The molecule has 120 valence electrons. The molecular weight excluding hydrogens is 254 g/mol. The Morgan fingerprint density at radius 1 is 1.35 bits per heavy atom. The van der Waals surface area contributed by atoms with Crippen LogP contribution in [0.4, 0.5) is 0 Å². The number of hydrogen-bond acceptors (Lipinski definition) is 4. The Hall–Kier alpha value is -0.160. The van der Waals surface area contributed by atoms with Crippen LogP contribution in [0.2, 0.25) is 0 Å². The van der Waals surface area contributed by atoms with Crippen LogP contribution < -0.4 is 5.32 Å². The Kier molecular flexibility index (Phi) is 9.44. The van der Waals surface area contributed by atoms with Crippen molar-refractivity contribution in [1.29, 1.82) is 0 Å². The molecule has 0 amide bonds. The Morgan fingerprint density at radius 3 is 2.75 bits per heavy atom. The van der Waals surface area contributed by atoms with E-state index in [1.54, 1.807) is 0 Å². The number of hydrogen-bond donors (Lipinski definition) is 2. The van der Waals surface area contributed by atoms with Crippen LogP contribution in [-0.4, -0.2) is 49.7 Å². The van der Waals surface area contributed by atoms with Gasteiger partial charge in [-0.15, -0.1) is 0 Å².